The molecular weight excluding hydrogens is 311 g/mol. The highest BCUT2D eigenvalue weighted by Gasteiger charge is 2.07. The Morgan fingerprint density at radius 2 is 2.31 bits per heavy atom. The summed E-state index contributed by atoms with van der Waals surface area (Å²) in [5.41, 5.74) is 1.43. The van der Waals surface area contributed by atoms with Crippen LogP contribution >= 0.6 is 46.6 Å². The molecule has 0 aliphatic heterocycles. The van der Waals surface area contributed by atoms with Gasteiger partial charge in [0.05, 0.1) is 0 Å². The van der Waals surface area contributed by atoms with E-state index in [1.165, 1.54) is 19.2 Å². The van der Waals surface area contributed by atoms with Gasteiger partial charge in [0.15, 0.2) is 0 Å². The second kappa shape index (κ2) is 3.79. The zero-order valence-electron chi connectivity index (χ0n) is 7.17. The monoisotopic (exact) mass is 320 g/mol. The van der Waals surface area contributed by atoms with Gasteiger partial charge < -0.3 is 0 Å². The van der Waals surface area contributed by atoms with Gasteiger partial charge in [-0.1, -0.05) is 6.92 Å². The Hall–Kier alpha value is 0.260. The number of thiol groups is 1. The van der Waals surface area contributed by atoms with Crippen molar-refractivity contribution in [3.63, 3.8) is 0 Å². The van der Waals surface area contributed by atoms with Crippen molar-refractivity contribution in [1.82, 2.24) is 0 Å². The van der Waals surface area contributed by atoms with Gasteiger partial charge in [-0.2, -0.15) is 0 Å². The highest BCUT2D eigenvalue weighted by Crippen LogP contribution is 2.33. The maximum Gasteiger partial charge on any atom is 0.0489 e. The molecule has 0 saturated carbocycles. The summed E-state index contributed by atoms with van der Waals surface area (Å²) in [5.74, 6) is 0. The molecule has 0 saturated heterocycles. The van der Waals surface area contributed by atoms with Gasteiger partial charge >= 0.3 is 0 Å². The highest BCUT2D eigenvalue weighted by atomic mass is 127. The predicted molar refractivity (Wildman–Crippen MR) is 71.2 cm³/mol. The predicted octanol–water partition coefficient (Wildman–Crippen LogP) is 4.36. The van der Waals surface area contributed by atoms with Gasteiger partial charge in [0.25, 0.3) is 0 Å². The molecular formula is C10H9IS2. The number of rotatable bonds is 1. The molecule has 2 rings (SSSR count). The fourth-order valence-electron chi connectivity index (χ4n) is 1.45. The summed E-state index contributed by atoms with van der Waals surface area (Å²) >= 11 is 8.64. The van der Waals surface area contributed by atoms with Crippen molar-refractivity contribution >= 4 is 56.6 Å². The number of fused-ring (bicyclic) bond motifs is 1. The largest absolute Gasteiger partial charge is 0.143 e. The molecule has 3 heteroatoms. The van der Waals surface area contributed by atoms with Crippen molar-refractivity contribution in [2.45, 2.75) is 18.2 Å². The van der Waals surface area contributed by atoms with Gasteiger partial charge in [-0.3, -0.25) is 0 Å². The third-order valence-electron chi connectivity index (χ3n) is 2.13. The molecule has 0 fully saturated rings. The molecule has 68 valence electrons. The summed E-state index contributed by atoms with van der Waals surface area (Å²) in [4.78, 5) is 1.13. The Kier molecular flexibility index (Phi) is 2.86. The lowest BCUT2D eigenvalue weighted by molar-refractivity contribution is 1.15. The zero-order chi connectivity index (χ0) is 9.42. The van der Waals surface area contributed by atoms with Crippen molar-refractivity contribution in [1.29, 1.82) is 0 Å². The SMILES string of the molecule is CCc1cc(I)c(S)c2sccc12. The van der Waals surface area contributed by atoms with Crippen molar-refractivity contribution < 1.29 is 0 Å². The van der Waals surface area contributed by atoms with E-state index in [1.807, 2.05) is 0 Å². The summed E-state index contributed by atoms with van der Waals surface area (Å²) in [7, 11) is 0. The minimum absolute atomic E-state index is 1.09. The summed E-state index contributed by atoms with van der Waals surface area (Å²) < 4.78 is 2.58. The minimum atomic E-state index is 1.09. The van der Waals surface area contributed by atoms with E-state index in [-0.39, 0.29) is 0 Å². The summed E-state index contributed by atoms with van der Waals surface area (Å²) in [6, 6.07) is 4.42. The van der Waals surface area contributed by atoms with E-state index in [1.54, 1.807) is 11.3 Å². The Labute approximate surface area is 101 Å². The van der Waals surface area contributed by atoms with Crippen LogP contribution in [-0.4, -0.2) is 0 Å². The molecule has 0 atom stereocenters. The van der Waals surface area contributed by atoms with Gasteiger partial charge in [0.1, 0.15) is 0 Å². The van der Waals surface area contributed by atoms with E-state index in [0.29, 0.717) is 0 Å². The van der Waals surface area contributed by atoms with Crippen LogP contribution in [0.4, 0.5) is 0 Å². The van der Waals surface area contributed by atoms with Gasteiger partial charge in [0, 0.05) is 13.2 Å². The topological polar surface area (TPSA) is 0 Å². The van der Waals surface area contributed by atoms with E-state index in [0.717, 1.165) is 11.3 Å². The van der Waals surface area contributed by atoms with Crippen LogP contribution in [0.1, 0.15) is 12.5 Å². The van der Waals surface area contributed by atoms with Crippen molar-refractivity contribution in [2.24, 2.45) is 0 Å². The van der Waals surface area contributed by atoms with E-state index < -0.39 is 0 Å². The first kappa shape index (κ1) is 9.80. The molecule has 0 N–H and O–H groups in total. The molecule has 1 aromatic carbocycles. The number of hydrogen-bond acceptors (Lipinski definition) is 2. The molecule has 0 radical (unpaired) electrons. The fourth-order valence-corrected chi connectivity index (χ4v) is 3.51. The second-order valence-electron chi connectivity index (χ2n) is 2.88. The van der Waals surface area contributed by atoms with Crippen LogP contribution in [0.3, 0.4) is 0 Å². The van der Waals surface area contributed by atoms with Crippen LogP contribution in [0.2, 0.25) is 0 Å². The third-order valence-corrected chi connectivity index (χ3v) is 4.96. The number of halogens is 1. The van der Waals surface area contributed by atoms with Crippen molar-refractivity contribution in [2.75, 3.05) is 0 Å². The standard InChI is InChI=1S/C10H9IS2/c1-2-6-5-8(11)9(12)10-7(6)3-4-13-10/h3-5,12H,2H2,1H3. The maximum atomic E-state index is 4.52. The second-order valence-corrected chi connectivity index (χ2v) is 5.41. The van der Waals surface area contributed by atoms with Crippen LogP contribution in [-0.2, 0) is 6.42 Å². The summed E-state index contributed by atoms with van der Waals surface area (Å²) in [5, 5.41) is 3.51. The van der Waals surface area contributed by atoms with Gasteiger partial charge in [-0.15, -0.1) is 24.0 Å². The van der Waals surface area contributed by atoms with Crippen LogP contribution < -0.4 is 0 Å². The molecule has 1 heterocycles. The fraction of sp³-hybridized carbons (Fsp3) is 0.200. The molecule has 0 nitrogen and oxygen atoms in total. The molecule has 2 aromatic rings. The first-order chi connectivity index (χ1) is 6.24. The average molecular weight is 320 g/mol. The molecule has 13 heavy (non-hydrogen) atoms. The van der Waals surface area contributed by atoms with Crippen molar-refractivity contribution in [3.05, 3.63) is 26.6 Å². The van der Waals surface area contributed by atoms with Crippen LogP contribution in [0.25, 0.3) is 10.1 Å². The Morgan fingerprint density at radius 3 is 3.00 bits per heavy atom. The quantitative estimate of drug-likeness (QED) is 0.586. The number of aryl methyl sites for hydroxylation is 1. The lowest BCUT2D eigenvalue weighted by Crippen LogP contribution is -1.84. The molecule has 0 aliphatic rings. The first-order valence-corrected chi connectivity index (χ1v) is 6.52. The van der Waals surface area contributed by atoms with Crippen LogP contribution in [0.15, 0.2) is 22.4 Å². The lowest BCUT2D eigenvalue weighted by atomic mass is 10.1. The summed E-state index contributed by atoms with van der Waals surface area (Å²) in [6.07, 6.45) is 1.09. The van der Waals surface area contributed by atoms with E-state index in [2.05, 4.69) is 59.7 Å². The summed E-state index contributed by atoms with van der Waals surface area (Å²) in [6.45, 7) is 2.20. The Balaban J connectivity index is 2.87. The molecule has 0 unspecified atom stereocenters. The average Bonchev–Trinajstić information content (AvgIpc) is 2.60. The molecule has 0 spiro atoms. The highest BCUT2D eigenvalue weighted by molar-refractivity contribution is 14.1. The molecule has 1 aromatic heterocycles. The van der Waals surface area contributed by atoms with E-state index in [9.17, 15) is 0 Å². The Morgan fingerprint density at radius 1 is 1.54 bits per heavy atom. The van der Waals surface area contributed by atoms with Crippen LogP contribution in [0, 0.1) is 3.57 Å². The van der Waals surface area contributed by atoms with E-state index in [4.69, 9.17) is 0 Å². The lowest BCUT2D eigenvalue weighted by Gasteiger charge is -2.04. The molecule has 0 aliphatic carbocycles. The number of hydrogen-bond donors (Lipinski definition) is 1. The van der Waals surface area contributed by atoms with Gasteiger partial charge in [0.2, 0.25) is 0 Å². The zero-order valence-corrected chi connectivity index (χ0v) is 11.0. The van der Waals surface area contributed by atoms with Gasteiger partial charge in [-0.25, -0.2) is 0 Å². The van der Waals surface area contributed by atoms with Crippen molar-refractivity contribution in [3.8, 4) is 0 Å². The smallest absolute Gasteiger partial charge is 0.0489 e. The molecule has 0 bridgehead atoms. The normalized spacial score (nSPS) is 11.0. The number of thiophene rings is 1. The first-order valence-electron chi connectivity index (χ1n) is 4.11. The number of benzene rings is 1. The van der Waals surface area contributed by atoms with E-state index >= 15 is 0 Å². The van der Waals surface area contributed by atoms with Crippen LogP contribution in [0.5, 0.6) is 0 Å². The Bertz CT molecular complexity index is 445. The minimum Gasteiger partial charge on any atom is -0.143 e. The maximum absolute atomic E-state index is 4.52. The van der Waals surface area contributed by atoms with Gasteiger partial charge in [-0.05, 0) is 57.5 Å². The third kappa shape index (κ3) is 1.62. The molecule has 0 amide bonds.